The predicted octanol–water partition coefficient (Wildman–Crippen LogP) is 1.27. The molecule has 0 saturated heterocycles. The van der Waals surface area contributed by atoms with Crippen molar-refractivity contribution < 1.29 is 19.4 Å². The Morgan fingerprint density at radius 1 is 1.53 bits per heavy atom. The van der Waals surface area contributed by atoms with Gasteiger partial charge in [0.2, 0.25) is 0 Å². The first-order chi connectivity index (χ1) is 8.75. The van der Waals surface area contributed by atoms with Crippen LogP contribution in [0.25, 0.3) is 0 Å². The molecule has 2 N–H and O–H groups in total. The number of carboxylic acids is 1. The molecular formula is C12H18N2O4S. The summed E-state index contributed by atoms with van der Waals surface area (Å²) in [6.07, 6.45) is -1.05. The Hall–Kier alpha value is -1.47. The molecule has 1 aromatic rings. The molecule has 0 saturated carbocycles. The quantitative estimate of drug-likeness (QED) is 0.851. The average molecular weight is 286 g/mol. The summed E-state index contributed by atoms with van der Waals surface area (Å²) in [5.74, 6) is -1.51. The Balaban J connectivity index is 2.64. The van der Waals surface area contributed by atoms with Crippen molar-refractivity contribution in [3.63, 3.8) is 0 Å². The van der Waals surface area contributed by atoms with Crippen molar-refractivity contribution in [3.8, 4) is 0 Å². The summed E-state index contributed by atoms with van der Waals surface area (Å²) in [7, 11) is 1.28. The van der Waals surface area contributed by atoms with Gasteiger partial charge >= 0.3 is 5.97 Å². The first-order valence-corrected chi connectivity index (χ1v) is 6.63. The lowest BCUT2D eigenvalue weighted by atomic mass is 9.98. The molecular weight excluding hydrogens is 268 g/mol. The van der Waals surface area contributed by atoms with Crippen LogP contribution in [-0.2, 0) is 14.9 Å². The van der Waals surface area contributed by atoms with Crippen molar-refractivity contribution in [3.05, 3.63) is 16.1 Å². The van der Waals surface area contributed by atoms with E-state index in [1.54, 1.807) is 5.38 Å². The van der Waals surface area contributed by atoms with Crippen molar-refractivity contribution in [2.75, 3.05) is 13.7 Å². The monoisotopic (exact) mass is 286 g/mol. The highest BCUT2D eigenvalue weighted by Crippen LogP contribution is 2.25. The number of nitrogens with zero attached hydrogens (tertiary/aromatic N) is 1. The number of hydrogen-bond acceptors (Lipinski definition) is 5. The number of aromatic nitrogens is 1. The minimum Gasteiger partial charge on any atom is -0.479 e. The van der Waals surface area contributed by atoms with Crippen LogP contribution in [0.15, 0.2) is 5.38 Å². The normalized spacial score (nSPS) is 13.1. The second kappa shape index (κ2) is 6.12. The summed E-state index contributed by atoms with van der Waals surface area (Å²) in [6, 6.07) is 0. The number of thiazole rings is 1. The minimum atomic E-state index is -1.11. The summed E-state index contributed by atoms with van der Waals surface area (Å²) in [5.41, 5.74) is 0.189. The zero-order valence-electron chi connectivity index (χ0n) is 11.4. The van der Waals surface area contributed by atoms with Gasteiger partial charge in [0.05, 0.1) is 11.6 Å². The Kier molecular flexibility index (Phi) is 5.02. The molecule has 1 aromatic heterocycles. The van der Waals surface area contributed by atoms with Gasteiger partial charge in [0.25, 0.3) is 5.91 Å². The van der Waals surface area contributed by atoms with Crippen molar-refractivity contribution in [1.29, 1.82) is 0 Å². The molecule has 0 spiro atoms. The molecule has 106 valence electrons. The van der Waals surface area contributed by atoms with Gasteiger partial charge in [-0.25, -0.2) is 9.78 Å². The van der Waals surface area contributed by atoms with Crippen LogP contribution in [0.5, 0.6) is 0 Å². The fraction of sp³-hybridized carbons (Fsp3) is 0.583. The zero-order valence-corrected chi connectivity index (χ0v) is 12.2. The molecule has 1 amide bonds. The first-order valence-electron chi connectivity index (χ1n) is 5.75. The topological polar surface area (TPSA) is 88.5 Å². The van der Waals surface area contributed by atoms with Gasteiger partial charge in [0, 0.05) is 17.9 Å². The van der Waals surface area contributed by atoms with Crippen LogP contribution in [0.4, 0.5) is 0 Å². The number of nitrogens with one attached hydrogen (secondary N) is 1. The smallest absolute Gasteiger partial charge is 0.334 e. The van der Waals surface area contributed by atoms with Crippen LogP contribution in [0, 0.1) is 0 Å². The van der Waals surface area contributed by atoms with E-state index in [0.29, 0.717) is 5.69 Å². The molecule has 1 unspecified atom stereocenters. The molecule has 19 heavy (non-hydrogen) atoms. The zero-order chi connectivity index (χ0) is 14.6. The number of carbonyl (C=O) groups excluding carboxylic acids is 1. The van der Waals surface area contributed by atoms with Gasteiger partial charge in [-0.2, -0.15) is 0 Å². The van der Waals surface area contributed by atoms with Crippen LogP contribution in [0.1, 0.15) is 36.3 Å². The van der Waals surface area contributed by atoms with Crippen LogP contribution in [0.3, 0.4) is 0 Å². The number of methoxy groups -OCH3 is 1. The van der Waals surface area contributed by atoms with Crippen molar-refractivity contribution in [2.45, 2.75) is 32.3 Å². The average Bonchev–Trinajstić information content (AvgIpc) is 2.77. The van der Waals surface area contributed by atoms with Crippen molar-refractivity contribution >= 4 is 23.2 Å². The molecule has 0 aliphatic heterocycles. The molecule has 0 aromatic carbocycles. The highest BCUT2D eigenvalue weighted by molar-refractivity contribution is 7.10. The molecule has 1 heterocycles. The van der Waals surface area contributed by atoms with Gasteiger partial charge in [-0.1, -0.05) is 20.8 Å². The van der Waals surface area contributed by atoms with E-state index in [2.05, 4.69) is 10.3 Å². The van der Waals surface area contributed by atoms with Crippen LogP contribution in [0.2, 0.25) is 0 Å². The number of aliphatic carboxylic acids is 1. The maximum Gasteiger partial charge on any atom is 0.334 e. The second-order valence-corrected chi connectivity index (χ2v) is 5.92. The number of rotatable bonds is 5. The third kappa shape index (κ3) is 4.29. The van der Waals surface area contributed by atoms with E-state index in [-0.39, 0.29) is 12.0 Å². The highest BCUT2D eigenvalue weighted by Gasteiger charge is 2.22. The SMILES string of the molecule is COC(CNC(=O)c1csc(C(C)(C)C)n1)C(=O)O. The maximum absolute atomic E-state index is 11.8. The number of carbonyl (C=O) groups is 2. The number of ether oxygens (including phenoxy) is 1. The molecule has 0 bridgehead atoms. The highest BCUT2D eigenvalue weighted by atomic mass is 32.1. The van der Waals surface area contributed by atoms with Gasteiger partial charge in [-0.3, -0.25) is 4.79 Å². The third-order valence-electron chi connectivity index (χ3n) is 2.39. The van der Waals surface area contributed by atoms with Gasteiger partial charge in [-0.15, -0.1) is 11.3 Å². The van der Waals surface area contributed by atoms with Crippen molar-refractivity contribution in [2.24, 2.45) is 0 Å². The Bertz CT molecular complexity index is 465. The van der Waals surface area contributed by atoms with E-state index in [4.69, 9.17) is 9.84 Å². The van der Waals surface area contributed by atoms with E-state index in [1.165, 1.54) is 18.4 Å². The molecule has 0 aliphatic carbocycles. The van der Waals surface area contributed by atoms with E-state index in [0.717, 1.165) is 5.01 Å². The maximum atomic E-state index is 11.8. The molecule has 1 atom stereocenters. The molecule has 1 rings (SSSR count). The molecule has 0 fully saturated rings. The van der Waals surface area contributed by atoms with Gasteiger partial charge < -0.3 is 15.2 Å². The molecule has 0 aliphatic rings. The first kappa shape index (κ1) is 15.6. The fourth-order valence-electron chi connectivity index (χ4n) is 1.27. The van der Waals surface area contributed by atoms with E-state index < -0.39 is 18.0 Å². The predicted molar refractivity (Wildman–Crippen MR) is 71.6 cm³/mol. The van der Waals surface area contributed by atoms with Crippen molar-refractivity contribution in [1.82, 2.24) is 10.3 Å². The fourth-order valence-corrected chi connectivity index (χ4v) is 2.16. The Morgan fingerprint density at radius 2 is 2.16 bits per heavy atom. The van der Waals surface area contributed by atoms with Crippen LogP contribution in [-0.4, -0.2) is 41.7 Å². The summed E-state index contributed by atoms with van der Waals surface area (Å²) in [6.45, 7) is 5.95. The second-order valence-electron chi connectivity index (χ2n) is 5.06. The van der Waals surface area contributed by atoms with Gasteiger partial charge in [-0.05, 0) is 0 Å². The van der Waals surface area contributed by atoms with Gasteiger partial charge in [0.1, 0.15) is 5.69 Å². The Labute approximate surface area is 115 Å². The molecule has 7 heteroatoms. The summed E-state index contributed by atoms with van der Waals surface area (Å²) in [5, 5.41) is 13.8. The van der Waals surface area contributed by atoms with Crippen LogP contribution >= 0.6 is 11.3 Å². The third-order valence-corrected chi connectivity index (χ3v) is 3.65. The number of amides is 1. The Morgan fingerprint density at radius 3 is 2.58 bits per heavy atom. The standard InChI is InChI=1S/C12H18N2O4S/c1-12(2,3)11-14-7(6-19-11)9(15)13-5-8(18-4)10(16)17/h6,8H,5H2,1-4H3,(H,13,15)(H,16,17). The largest absolute Gasteiger partial charge is 0.479 e. The van der Waals surface area contributed by atoms with Gasteiger partial charge in [0.15, 0.2) is 6.10 Å². The summed E-state index contributed by atoms with van der Waals surface area (Å²) < 4.78 is 4.73. The lowest BCUT2D eigenvalue weighted by Crippen LogP contribution is -2.38. The van der Waals surface area contributed by atoms with Crippen LogP contribution < -0.4 is 5.32 Å². The molecule has 0 radical (unpaired) electrons. The van der Waals surface area contributed by atoms with E-state index in [9.17, 15) is 9.59 Å². The number of hydrogen-bond donors (Lipinski definition) is 2. The summed E-state index contributed by atoms with van der Waals surface area (Å²) >= 11 is 1.41. The lowest BCUT2D eigenvalue weighted by molar-refractivity contribution is -0.148. The minimum absolute atomic E-state index is 0.0902. The molecule has 6 nitrogen and oxygen atoms in total. The number of carboxylic acid groups (broad SMARTS) is 1. The van der Waals surface area contributed by atoms with E-state index >= 15 is 0 Å². The van der Waals surface area contributed by atoms with E-state index in [1.807, 2.05) is 20.8 Å². The lowest BCUT2D eigenvalue weighted by Gasteiger charge is -2.13. The summed E-state index contributed by atoms with van der Waals surface area (Å²) in [4.78, 5) is 26.8.